The lowest BCUT2D eigenvalue weighted by atomic mass is 9.95. The van der Waals surface area contributed by atoms with Crippen LogP contribution in [0.5, 0.6) is 0 Å². The molecular weight excluding hydrogens is 685 g/mol. The summed E-state index contributed by atoms with van der Waals surface area (Å²) in [6.07, 6.45) is 0. The molecule has 0 aromatic heterocycles. The minimum Gasteiger partial charge on any atom is -0.381 e. The molecule has 0 saturated carbocycles. The third kappa shape index (κ3) is 8.28. The van der Waals surface area contributed by atoms with Gasteiger partial charge in [-0.1, -0.05) is 24.3 Å². The maximum atomic E-state index is 11.9. The zero-order valence-electron chi connectivity index (χ0n) is 24.0. The zero-order chi connectivity index (χ0) is 34.2. The van der Waals surface area contributed by atoms with Crippen LogP contribution in [0.1, 0.15) is 22.3 Å². The van der Waals surface area contributed by atoms with Crippen molar-refractivity contribution < 1.29 is 51.9 Å². The van der Waals surface area contributed by atoms with E-state index in [1.807, 2.05) is 26.0 Å². The molecule has 6 N–H and O–H groups in total. The van der Waals surface area contributed by atoms with Gasteiger partial charge in [0.05, 0.1) is 9.79 Å². The summed E-state index contributed by atoms with van der Waals surface area (Å²) in [5.74, 6) is 0. The molecule has 0 bridgehead atoms. The molecular formula is C28H28N2O12S4. The smallest absolute Gasteiger partial charge is 0.294 e. The minimum absolute atomic E-state index is 0.0636. The normalized spacial score (nSPS) is 12.6. The SMILES string of the molecule is Cc1cc(NCc2ccc(S(=O)(=O)O)cc2S(=O)(=O)O)ccc1-c1ccc(NCc2ccc(S(=O)(=O)O)cc2S(=O)(=O)O)cc1C. The highest BCUT2D eigenvalue weighted by Crippen LogP contribution is 2.31. The van der Waals surface area contributed by atoms with E-state index in [9.17, 15) is 51.9 Å². The van der Waals surface area contributed by atoms with Gasteiger partial charge in [-0.2, -0.15) is 33.7 Å². The molecule has 0 radical (unpaired) electrons. The van der Waals surface area contributed by atoms with Crippen LogP contribution in [0.3, 0.4) is 0 Å². The molecule has 0 saturated heterocycles. The van der Waals surface area contributed by atoms with E-state index < -0.39 is 60.1 Å². The molecule has 246 valence electrons. The molecule has 46 heavy (non-hydrogen) atoms. The molecule has 0 atom stereocenters. The predicted molar refractivity (Wildman–Crippen MR) is 168 cm³/mol. The van der Waals surface area contributed by atoms with Crippen molar-refractivity contribution in [2.24, 2.45) is 0 Å². The van der Waals surface area contributed by atoms with Crippen molar-refractivity contribution >= 4 is 51.8 Å². The Morgan fingerprint density at radius 2 is 0.826 bits per heavy atom. The number of hydrogen-bond acceptors (Lipinski definition) is 10. The second-order valence-corrected chi connectivity index (χ2v) is 15.8. The van der Waals surface area contributed by atoms with E-state index in [0.29, 0.717) is 23.5 Å². The number of hydrogen-bond donors (Lipinski definition) is 6. The standard InChI is InChI=1S/C28H28N2O12S4/c1-17-11-21(29-15-19-3-7-23(43(31,32)33)13-27(19)45(37,38)39)5-9-25(17)26-10-6-22(12-18(26)2)30-16-20-4-8-24(44(34,35)36)14-28(20)46(40,41)42/h3-14,29-30H,15-16H2,1-2H3,(H,31,32,33)(H,34,35,36)(H,37,38,39)(H,40,41,42). The molecule has 18 heteroatoms. The van der Waals surface area contributed by atoms with Crippen LogP contribution in [0.2, 0.25) is 0 Å². The van der Waals surface area contributed by atoms with Crippen molar-refractivity contribution in [1.29, 1.82) is 0 Å². The second kappa shape index (κ2) is 12.7. The average Bonchev–Trinajstić information content (AvgIpc) is 2.93. The molecule has 0 spiro atoms. The number of aryl methyl sites for hydroxylation is 2. The lowest BCUT2D eigenvalue weighted by Crippen LogP contribution is -2.10. The molecule has 4 aromatic carbocycles. The highest BCUT2D eigenvalue weighted by molar-refractivity contribution is 7.87. The van der Waals surface area contributed by atoms with Crippen LogP contribution in [-0.2, 0) is 53.6 Å². The van der Waals surface area contributed by atoms with E-state index in [1.165, 1.54) is 0 Å². The van der Waals surface area contributed by atoms with Gasteiger partial charge in [0.2, 0.25) is 0 Å². The van der Waals surface area contributed by atoms with Crippen LogP contribution in [-0.4, -0.2) is 51.9 Å². The van der Waals surface area contributed by atoms with Gasteiger partial charge in [-0.15, -0.1) is 0 Å². The maximum absolute atomic E-state index is 11.9. The number of nitrogens with one attached hydrogen (secondary N) is 2. The van der Waals surface area contributed by atoms with Gasteiger partial charge in [-0.3, -0.25) is 18.2 Å². The summed E-state index contributed by atoms with van der Waals surface area (Å²) in [6.45, 7) is 3.50. The van der Waals surface area contributed by atoms with E-state index in [2.05, 4.69) is 10.6 Å². The fourth-order valence-corrected chi connectivity index (χ4v) is 7.37. The van der Waals surface area contributed by atoms with Crippen LogP contribution in [0.25, 0.3) is 11.1 Å². The van der Waals surface area contributed by atoms with Crippen molar-refractivity contribution in [2.75, 3.05) is 10.6 Å². The molecule has 0 heterocycles. The van der Waals surface area contributed by atoms with Gasteiger partial charge in [0.25, 0.3) is 40.5 Å². The Morgan fingerprint density at radius 3 is 1.11 bits per heavy atom. The number of anilines is 2. The van der Waals surface area contributed by atoms with E-state index >= 15 is 0 Å². The van der Waals surface area contributed by atoms with Gasteiger partial charge in [0, 0.05) is 24.5 Å². The highest BCUT2D eigenvalue weighted by atomic mass is 32.2. The zero-order valence-corrected chi connectivity index (χ0v) is 27.3. The maximum Gasteiger partial charge on any atom is 0.294 e. The Kier molecular flexibility index (Phi) is 9.68. The Bertz CT molecular complexity index is 2120. The summed E-state index contributed by atoms with van der Waals surface area (Å²) in [6, 6.07) is 16.4. The Labute approximate surface area is 266 Å². The molecule has 14 nitrogen and oxygen atoms in total. The quantitative estimate of drug-likeness (QED) is 0.120. The molecule has 0 aliphatic carbocycles. The second-order valence-electron chi connectivity index (χ2n) is 10.2. The summed E-state index contributed by atoms with van der Waals surface area (Å²) in [4.78, 5) is -2.70. The van der Waals surface area contributed by atoms with E-state index in [1.54, 1.807) is 24.3 Å². The summed E-state index contributed by atoms with van der Waals surface area (Å²) in [7, 11) is -19.0. The highest BCUT2D eigenvalue weighted by Gasteiger charge is 2.22. The van der Waals surface area contributed by atoms with Crippen molar-refractivity contribution in [3.63, 3.8) is 0 Å². The summed E-state index contributed by atoms with van der Waals surface area (Å²) in [5, 5.41) is 6.06. The Morgan fingerprint density at radius 1 is 0.478 bits per heavy atom. The van der Waals surface area contributed by atoms with Gasteiger partial charge >= 0.3 is 0 Å². The Balaban J connectivity index is 1.52. The number of rotatable bonds is 11. The first kappa shape index (κ1) is 35.0. The molecule has 0 aliphatic heterocycles. The van der Waals surface area contributed by atoms with Crippen LogP contribution in [0.15, 0.2) is 92.4 Å². The average molecular weight is 713 g/mol. The van der Waals surface area contributed by atoms with Crippen LogP contribution >= 0.6 is 0 Å². The first-order valence-electron chi connectivity index (χ1n) is 13.0. The number of benzene rings is 4. The van der Waals surface area contributed by atoms with Gasteiger partial charge in [0.15, 0.2) is 0 Å². The fraction of sp³-hybridized carbons (Fsp3) is 0.143. The molecule has 0 fully saturated rings. The topological polar surface area (TPSA) is 242 Å². The molecule has 4 rings (SSSR count). The third-order valence-corrected chi connectivity index (χ3v) is 10.5. The van der Waals surface area contributed by atoms with Gasteiger partial charge < -0.3 is 10.6 Å². The van der Waals surface area contributed by atoms with Crippen molar-refractivity contribution in [1.82, 2.24) is 0 Å². The van der Waals surface area contributed by atoms with Crippen LogP contribution in [0, 0.1) is 13.8 Å². The molecule has 0 amide bonds. The third-order valence-electron chi connectivity index (χ3n) is 6.94. The van der Waals surface area contributed by atoms with Crippen LogP contribution < -0.4 is 10.6 Å². The Hall–Kier alpha value is -3.88. The summed E-state index contributed by atoms with van der Waals surface area (Å²) < 4.78 is 131. The van der Waals surface area contributed by atoms with Crippen molar-refractivity contribution in [3.05, 3.63) is 95.1 Å². The van der Waals surface area contributed by atoms with Crippen molar-refractivity contribution in [3.8, 4) is 11.1 Å². The van der Waals surface area contributed by atoms with Crippen molar-refractivity contribution in [2.45, 2.75) is 46.5 Å². The first-order chi connectivity index (χ1) is 21.1. The molecule has 0 aliphatic rings. The largest absolute Gasteiger partial charge is 0.381 e. The lowest BCUT2D eigenvalue weighted by molar-refractivity contribution is 0.475. The minimum atomic E-state index is -4.81. The summed E-state index contributed by atoms with van der Waals surface area (Å²) in [5.41, 5.74) is 4.70. The summed E-state index contributed by atoms with van der Waals surface area (Å²) >= 11 is 0. The predicted octanol–water partition coefficient (Wildman–Crippen LogP) is 4.18. The van der Waals surface area contributed by atoms with Gasteiger partial charge in [-0.05, 0) is 95.8 Å². The first-order valence-corrected chi connectivity index (χ1v) is 18.8. The van der Waals surface area contributed by atoms with E-state index in [4.69, 9.17) is 0 Å². The van der Waals surface area contributed by atoms with Gasteiger partial charge in [0.1, 0.15) is 9.79 Å². The van der Waals surface area contributed by atoms with Gasteiger partial charge in [-0.25, -0.2) is 0 Å². The van der Waals surface area contributed by atoms with E-state index in [0.717, 1.165) is 46.5 Å². The molecule has 4 aromatic rings. The van der Waals surface area contributed by atoms with E-state index in [-0.39, 0.29) is 24.2 Å². The molecule has 0 unspecified atom stereocenters. The lowest BCUT2D eigenvalue weighted by Gasteiger charge is -2.16. The monoisotopic (exact) mass is 712 g/mol. The van der Waals surface area contributed by atoms with Crippen LogP contribution in [0.4, 0.5) is 11.4 Å². The fourth-order valence-electron chi connectivity index (χ4n) is 4.71.